The molecule has 0 amide bonds. The molecule has 1 aromatic carbocycles. The number of ether oxygens (including phenoxy) is 1. The molecule has 0 saturated carbocycles. The van der Waals surface area contributed by atoms with E-state index < -0.39 is 0 Å². The number of benzene rings is 1. The van der Waals surface area contributed by atoms with Crippen molar-refractivity contribution in [3.8, 4) is 5.75 Å². The average Bonchev–Trinajstić information content (AvgIpc) is 2.38. The second kappa shape index (κ2) is 5.67. The van der Waals surface area contributed by atoms with Gasteiger partial charge in [0.1, 0.15) is 11.6 Å². The number of methoxy groups -OCH3 is 1. The predicted molar refractivity (Wildman–Crippen MR) is 73.3 cm³/mol. The lowest BCUT2D eigenvalue weighted by Crippen LogP contribution is -2.15. The number of aryl methyl sites for hydroxylation is 1. The van der Waals surface area contributed by atoms with Crippen LogP contribution in [0.2, 0.25) is 0 Å². The molecule has 2 aromatic rings. The van der Waals surface area contributed by atoms with Crippen LogP contribution in [0.1, 0.15) is 22.6 Å². The molecule has 5 heteroatoms. The molecule has 0 fully saturated rings. The van der Waals surface area contributed by atoms with Crippen LogP contribution >= 0.6 is 0 Å². The van der Waals surface area contributed by atoms with Gasteiger partial charge < -0.3 is 15.5 Å². The maximum Gasteiger partial charge on any atom is 0.251 e. The Bertz CT molecular complexity index is 635. The van der Waals surface area contributed by atoms with Crippen LogP contribution in [-0.2, 0) is 13.0 Å². The summed E-state index contributed by atoms with van der Waals surface area (Å²) in [5.41, 5.74) is 8.18. The zero-order valence-corrected chi connectivity index (χ0v) is 11.1. The number of aromatic amines is 1. The van der Waals surface area contributed by atoms with E-state index in [4.69, 9.17) is 10.5 Å². The Morgan fingerprint density at radius 2 is 2.16 bits per heavy atom. The van der Waals surface area contributed by atoms with Gasteiger partial charge in [0.15, 0.2) is 0 Å². The molecule has 0 aliphatic carbocycles. The molecule has 0 aliphatic rings. The first-order chi connectivity index (χ1) is 9.12. The number of rotatable bonds is 4. The summed E-state index contributed by atoms with van der Waals surface area (Å²) in [6.07, 6.45) is 0.599. The highest BCUT2D eigenvalue weighted by Gasteiger charge is 2.04. The maximum absolute atomic E-state index is 11.5. The van der Waals surface area contributed by atoms with Crippen molar-refractivity contribution in [1.82, 2.24) is 9.97 Å². The number of nitrogens with two attached hydrogens (primary N) is 1. The van der Waals surface area contributed by atoms with Crippen molar-refractivity contribution in [1.29, 1.82) is 0 Å². The van der Waals surface area contributed by atoms with Gasteiger partial charge in [0.2, 0.25) is 0 Å². The summed E-state index contributed by atoms with van der Waals surface area (Å²) in [7, 11) is 1.65. The van der Waals surface area contributed by atoms with Crippen LogP contribution < -0.4 is 16.0 Å². The van der Waals surface area contributed by atoms with Crippen LogP contribution in [0, 0.1) is 6.92 Å². The molecule has 0 atom stereocenters. The highest BCUT2D eigenvalue weighted by molar-refractivity contribution is 5.37. The van der Waals surface area contributed by atoms with E-state index in [9.17, 15) is 4.79 Å². The Hall–Kier alpha value is -2.14. The number of nitrogens with zero attached hydrogens (tertiary/aromatic N) is 1. The zero-order chi connectivity index (χ0) is 13.8. The second-order valence-electron chi connectivity index (χ2n) is 4.37. The number of hydrogen-bond acceptors (Lipinski definition) is 4. The van der Waals surface area contributed by atoms with Crippen molar-refractivity contribution < 1.29 is 4.74 Å². The fraction of sp³-hybridized carbons (Fsp3) is 0.286. The van der Waals surface area contributed by atoms with Gasteiger partial charge in [-0.3, -0.25) is 4.79 Å². The lowest BCUT2D eigenvalue weighted by molar-refractivity contribution is 0.411. The van der Waals surface area contributed by atoms with E-state index in [0.29, 0.717) is 17.9 Å². The molecule has 0 radical (unpaired) electrons. The molecule has 0 spiro atoms. The first-order valence-corrected chi connectivity index (χ1v) is 6.05. The van der Waals surface area contributed by atoms with Gasteiger partial charge >= 0.3 is 0 Å². The smallest absolute Gasteiger partial charge is 0.251 e. The summed E-state index contributed by atoms with van der Waals surface area (Å²) in [6.45, 7) is 2.21. The van der Waals surface area contributed by atoms with Crippen molar-refractivity contribution in [2.75, 3.05) is 7.11 Å². The molecule has 0 unspecified atom stereocenters. The van der Waals surface area contributed by atoms with Crippen molar-refractivity contribution in [2.24, 2.45) is 5.73 Å². The Morgan fingerprint density at radius 3 is 2.79 bits per heavy atom. The number of H-pyrrole nitrogens is 1. The van der Waals surface area contributed by atoms with E-state index in [0.717, 1.165) is 16.9 Å². The Kier molecular flexibility index (Phi) is 3.97. The summed E-state index contributed by atoms with van der Waals surface area (Å²) in [5.74, 6) is 1.36. The number of aromatic nitrogens is 2. The fourth-order valence-electron chi connectivity index (χ4n) is 2.01. The number of nitrogens with one attached hydrogen (secondary N) is 1. The first-order valence-electron chi connectivity index (χ1n) is 6.05. The van der Waals surface area contributed by atoms with E-state index in [2.05, 4.69) is 9.97 Å². The minimum Gasteiger partial charge on any atom is -0.496 e. The van der Waals surface area contributed by atoms with E-state index in [1.807, 2.05) is 25.1 Å². The molecule has 0 bridgehead atoms. The monoisotopic (exact) mass is 259 g/mol. The van der Waals surface area contributed by atoms with E-state index in [1.54, 1.807) is 7.11 Å². The van der Waals surface area contributed by atoms with Gasteiger partial charge in [-0.1, -0.05) is 12.1 Å². The lowest BCUT2D eigenvalue weighted by Gasteiger charge is -2.07. The quantitative estimate of drug-likeness (QED) is 0.862. The Labute approximate surface area is 111 Å². The molecule has 19 heavy (non-hydrogen) atoms. The normalized spacial score (nSPS) is 10.5. The first kappa shape index (κ1) is 13.3. The zero-order valence-electron chi connectivity index (χ0n) is 11.1. The van der Waals surface area contributed by atoms with Gasteiger partial charge in [0, 0.05) is 12.5 Å². The summed E-state index contributed by atoms with van der Waals surface area (Å²) in [4.78, 5) is 18.4. The van der Waals surface area contributed by atoms with Gasteiger partial charge in [-0.15, -0.1) is 0 Å². The molecular weight excluding hydrogens is 242 g/mol. The predicted octanol–water partition coefficient (Wildman–Crippen LogP) is 1.14. The number of hydrogen-bond donors (Lipinski definition) is 2. The van der Waals surface area contributed by atoms with Gasteiger partial charge in [-0.05, 0) is 24.1 Å². The molecule has 1 heterocycles. The van der Waals surface area contributed by atoms with Gasteiger partial charge in [0.25, 0.3) is 5.56 Å². The van der Waals surface area contributed by atoms with Gasteiger partial charge in [-0.2, -0.15) is 0 Å². The SMILES string of the molecule is COc1ccc(Cc2cc(=O)[nH]c(CN)n2)cc1C. The summed E-state index contributed by atoms with van der Waals surface area (Å²) >= 11 is 0. The molecule has 5 nitrogen and oxygen atoms in total. The molecule has 0 saturated heterocycles. The molecule has 2 rings (SSSR count). The van der Waals surface area contributed by atoms with E-state index >= 15 is 0 Å². The molecule has 0 aliphatic heterocycles. The van der Waals surface area contributed by atoms with Crippen molar-refractivity contribution in [3.05, 3.63) is 57.3 Å². The summed E-state index contributed by atoms with van der Waals surface area (Å²) in [5, 5.41) is 0. The van der Waals surface area contributed by atoms with Crippen molar-refractivity contribution >= 4 is 0 Å². The van der Waals surface area contributed by atoms with Crippen LogP contribution in [0.5, 0.6) is 5.75 Å². The molecule has 3 N–H and O–H groups in total. The average molecular weight is 259 g/mol. The highest BCUT2D eigenvalue weighted by Crippen LogP contribution is 2.19. The second-order valence-corrected chi connectivity index (χ2v) is 4.37. The topological polar surface area (TPSA) is 81.0 Å². The van der Waals surface area contributed by atoms with Crippen LogP contribution in [0.3, 0.4) is 0 Å². The van der Waals surface area contributed by atoms with E-state index in [-0.39, 0.29) is 12.1 Å². The highest BCUT2D eigenvalue weighted by atomic mass is 16.5. The standard InChI is InChI=1S/C14H17N3O2/c1-9-5-10(3-4-12(9)19-2)6-11-7-14(18)17-13(8-15)16-11/h3-5,7H,6,8,15H2,1-2H3,(H,16,17,18). The minimum atomic E-state index is -0.171. The molecular formula is C14H17N3O2. The van der Waals surface area contributed by atoms with Crippen LogP contribution in [0.4, 0.5) is 0 Å². The lowest BCUT2D eigenvalue weighted by atomic mass is 10.1. The third-order valence-corrected chi connectivity index (χ3v) is 2.88. The largest absolute Gasteiger partial charge is 0.496 e. The summed E-state index contributed by atoms with van der Waals surface area (Å²) in [6, 6.07) is 7.42. The van der Waals surface area contributed by atoms with Gasteiger partial charge in [0.05, 0.1) is 19.3 Å². The Balaban J connectivity index is 2.28. The van der Waals surface area contributed by atoms with Crippen molar-refractivity contribution in [3.63, 3.8) is 0 Å². The van der Waals surface area contributed by atoms with Crippen LogP contribution in [0.25, 0.3) is 0 Å². The third-order valence-electron chi connectivity index (χ3n) is 2.88. The maximum atomic E-state index is 11.5. The van der Waals surface area contributed by atoms with Crippen LogP contribution in [-0.4, -0.2) is 17.1 Å². The minimum absolute atomic E-state index is 0.171. The van der Waals surface area contributed by atoms with Gasteiger partial charge in [-0.25, -0.2) is 4.98 Å². The van der Waals surface area contributed by atoms with Crippen molar-refractivity contribution in [2.45, 2.75) is 19.9 Å². The van der Waals surface area contributed by atoms with E-state index in [1.165, 1.54) is 6.07 Å². The van der Waals surface area contributed by atoms with Crippen LogP contribution in [0.15, 0.2) is 29.1 Å². The Morgan fingerprint density at radius 1 is 1.37 bits per heavy atom. The summed E-state index contributed by atoms with van der Waals surface area (Å²) < 4.78 is 5.22. The fourth-order valence-corrected chi connectivity index (χ4v) is 2.01. The third kappa shape index (κ3) is 3.20. The molecule has 100 valence electrons. The molecule has 1 aromatic heterocycles.